The van der Waals surface area contributed by atoms with E-state index in [2.05, 4.69) is 10.3 Å². The first-order valence-corrected chi connectivity index (χ1v) is 7.44. The molecule has 21 heavy (non-hydrogen) atoms. The van der Waals surface area contributed by atoms with Crippen molar-refractivity contribution >= 4 is 11.7 Å². The third-order valence-electron chi connectivity index (χ3n) is 3.70. The molecule has 2 rings (SSSR count). The van der Waals surface area contributed by atoms with Gasteiger partial charge in [0.2, 0.25) is 0 Å². The van der Waals surface area contributed by atoms with Crippen LogP contribution in [0.3, 0.4) is 0 Å². The van der Waals surface area contributed by atoms with Crippen LogP contribution in [-0.4, -0.2) is 44.2 Å². The highest BCUT2D eigenvalue weighted by Crippen LogP contribution is 2.28. The molecule has 1 heterocycles. The second-order valence-electron chi connectivity index (χ2n) is 5.26. The first-order chi connectivity index (χ1) is 10.1. The van der Waals surface area contributed by atoms with E-state index < -0.39 is 0 Å². The normalized spacial score (nSPS) is 15.2. The molecule has 1 amide bonds. The second-order valence-corrected chi connectivity index (χ2v) is 5.26. The fourth-order valence-corrected chi connectivity index (χ4v) is 2.32. The van der Waals surface area contributed by atoms with Gasteiger partial charge in [-0.3, -0.25) is 9.48 Å². The van der Waals surface area contributed by atoms with Crippen molar-refractivity contribution in [1.82, 2.24) is 14.7 Å². The van der Waals surface area contributed by atoms with Crippen molar-refractivity contribution in [3.8, 4) is 0 Å². The number of rotatable bonds is 7. The largest absolute Gasteiger partial charge is 0.409 e. The molecule has 0 atom stereocenters. The van der Waals surface area contributed by atoms with Gasteiger partial charge in [0.1, 0.15) is 11.5 Å². The van der Waals surface area contributed by atoms with Crippen LogP contribution in [0.25, 0.3) is 0 Å². The zero-order valence-electron chi connectivity index (χ0n) is 12.6. The van der Waals surface area contributed by atoms with Crippen molar-refractivity contribution in [2.24, 2.45) is 10.9 Å². The van der Waals surface area contributed by atoms with Crippen molar-refractivity contribution < 1.29 is 10.0 Å². The van der Waals surface area contributed by atoms with Gasteiger partial charge in [-0.25, -0.2) is 0 Å². The standard InChI is InChI=1S/C14H23N5O2/c1-3-10-9-12(19(4-2)16-10)14(20)18(11-5-6-11)8-7-13(15)17-21/h9,11,21H,3-8H2,1-2H3,(H2,15,17). The molecule has 0 saturated heterocycles. The minimum atomic E-state index is -0.0164. The number of carbonyl (C=O) groups is 1. The molecule has 1 aromatic heterocycles. The number of amidine groups is 1. The van der Waals surface area contributed by atoms with Crippen LogP contribution in [-0.2, 0) is 13.0 Å². The molecule has 0 aromatic carbocycles. The van der Waals surface area contributed by atoms with Gasteiger partial charge in [-0.1, -0.05) is 12.1 Å². The maximum atomic E-state index is 12.8. The number of aromatic nitrogens is 2. The van der Waals surface area contributed by atoms with Crippen LogP contribution in [0.15, 0.2) is 11.2 Å². The van der Waals surface area contributed by atoms with E-state index in [1.54, 1.807) is 4.68 Å². The summed E-state index contributed by atoms with van der Waals surface area (Å²) in [6.45, 7) is 5.13. The third kappa shape index (κ3) is 3.53. The van der Waals surface area contributed by atoms with Crippen molar-refractivity contribution in [1.29, 1.82) is 0 Å². The molecule has 0 radical (unpaired) electrons. The van der Waals surface area contributed by atoms with Crippen LogP contribution in [0, 0.1) is 0 Å². The predicted molar refractivity (Wildman–Crippen MR) is 79.4 cm³/mol. The Bertz CT molecular complexity index is 533. The summed E-state index contributed by atoms with van der Waals surface area (Å²) >= 11 is 0. The molecule has 1 fully saturated rings. The van der Waals surface area contributed by atoms with E-state index in [1.807, 2.05) is 24.8 Å². The Labute approximate surface area is 124 Å². The fraction of sp³-hybridized carbons (Fsp3) is 0.643. The monoisotopic (exact) mass is 293 g/mol. The lowest BCUT2D eigenvalue weighted by Gasteiger charge is -2.22. The molecule has 1 aliphatic carbocycles. The first kappa shape index (κ1) is 15.3. The van der Waals surface area contributed by atoms with Crippen LogP contribution in [0.2, 0.25) is 0 Å². The number of amides is 1. The van der Waals surface area contributed by atoms with Crippen LogP contribution in [0.1, 0.15) is 49.3 Å². The summed E-state index contributed by atoms with van der Waals surface area (Å²) in [5.74, 6) is 0.129. The van der Waals surface area contributed by atoms with Gasteiger partial charge in [0, 0.05) is 25.6 Å². The Hall–Kier alpha value is -2.05. The Morgan fingerprint density at radius 3 is 2.81 bits per heavy atom. The van der Waals surface area contributed by atoms with Crippen molar-refractivity contribution in [3.05, 3.63) is 17.5 Å². The predicted octanol–water partition coefficient (Wildman–Crippen LogP) is 1.21. The summed E-state index contributed by atoms with van der Waals surface area (Å²) in [6, 6.07) is 2.14. The highest BCUT2D eigenvalue weighted by molar-refractivity contribution is 5.93. The second kappa shape index (κ2) is 6.60. The Morgan fingerprint density at radius 1 is 1.57 bits per heavy atom. The first-order valence-electron chi connectivity index (χ1n) is 7.44. The van der Waals surface area contributed by atoms with Crippen molar-refractivity contribution in [2.75, 3.05) is 6.54 Å². The van der Waals surface area contributed by atoms with Crippen LogP contribution in [0.5, 0.6) is 0 Å². The quantitative estimate of drug-likeness (QED) is 0.342. The lowest BCUT2D eigenvalue weighted by Crippen LogP contribution is -2.37. The molecule has 116 valence electrons. The number of oxime groups is 1. The summed E-state index contributed by atoms with van der Waals surface area (Å²) < 4.78 is 1.75. The summed E-state index contributed by atoms with van der Waals surface area (Å²) in [5.41, 5.74) is 7.06. The van der Waals surface area contributed by atoms with Gasteiger partial charge in [-0.15, -0.1) is 0 Å². The summed E-state index contributed by atoms with van der Waals surface area (Å²) in [5, 5.41) is 16.0. The molecule has 0 aliphatic heterocycles. The number of nitrogens with zero attached hydrogens (tertiary/aromatic N) is 4. The molecule has 7 heteroatoms. The Morgan fingerprint density at radius 2 is 2.29 bits per heavy atom. The Balaban J connectivity index is 2.16. The van der Waals surface area contributed by atoms with Gasteiger partial charge >= 0.3 is 0 Å². The SMILES string of the molecule is CCc1cc(C(=O)N(CCC(N)=NO)C2CC2)n(CC)n1. The van der Waals surface area contributed by atoms with Gasteiger partial charge in [-0.05, 0) is 32.3 Å². The lowest BCUT2D eigenvalue weighted by molar-refractivity contribution is 0.0735. The molecule has 7 nitrogen and oxygen atoms in total. The smallest absolute Gasteiger partial charge is 0.272 e. The number of hydrogen-bond donors (Lipinski definition) is 2. The number of nitrogens with two attached hydrogens (primary N) is 1. The van der Waals surface area contributed by atoms with Gasteiger partial charge in [0.15, 0.2) is 0 Å². The number of aryl methyl sites for hydroxylation is 2. The van der Waals surface area contributed by atoms with Crippen LogP contribution >= 0.6 is 0 Å². The van der Waals surface area contributed by atoms with Crippen molar-refractivity contribution in [3.63, 3.8) is 0 Å². The van der Waals surface area contributed by atoms with Gasteiger partial charge in [0.25, 0.3) is 5.91 Å². The lowest BCUT2D eigenvalue weighted by atomic mass is 10.2. The maximum absolute atomic E-state index is 12.8. The van der Waals surface area contributed by atoms with Crippen LogP contribution in [0.4, 0.5) is 0 Å². The van der Waals surface area contributed by atoms with Crippen molar-refractivity contribution in [2.45, 2.75) is 52.1 Å². The molecule has 0 unspecified atom stereocenters. The van der Waals surface area contributed by atoms with Gasteiger partial charge in [0.05, 0.1) is 5.69 Å². The molecule has 1 aliphatic rings. The molecule has 0 bridgehead atoms. The van der Waals surface area contributed by atoms with E-state index in [1.165, 1.54) is 0 Å². The number of carbonyl (C=O) groups excluding carboxylic acids is 1. The van der Waals surface area contributed by atoms with E-state index in [9.17, 15) is 4.79 Å². The van der Waals surface area contributed by atoms with Gasteiger partial charge in [-0.2, -0.15) is 5.10 Å². The van der Waals surface area contributed by atoms with E-state index in [0.717, 1.165) is 25.0 Å². The third-order valence-corrected chi connectivity index (χ3v) is 3.70. The zero-order chi connectivity index (χ0) is 15.4. The minimum absolute atomic E-state index is 0.0164. The molecule has 3 N–H and O–H groups in total. The van der Waals surface area contributed by atoms with Gasteiger partial charge < -0.3 is 15.8 Å². The van der Waals surface area contributed by atoms with E-state index in [4.69, 9.17) is 10.9 Å². The molecule has 1 aromatic rings. The topological polar surface area (TPSA) is 96.7 Å². The molecule has 0 spiro atoms. The summed E-state index contributed by atoms with van der Waals surface area (Å²) in [6.07, 6.45) is 3.21. The maximum Gasteiger partial charge on any atom is 0.272 e. The average Bonchev–Trinajstić information content (AvgIpc) is 3.24. The molecular weight excluding hydrogens is 270 g/mol. The van der Waals surface area contributed by atoms with E-state index in [0.29, 0.717) is 25.2 Å². The fourth-order valence-electron chi connectivity index (χ4n) is 2.32. The highest BCUT2D eigenvalue weighted by Gasteiger charge is 2.34. The summed E-state index contributed by atoms with van der Waals surface area (Å²) in [7, 11) is 0. The number of hydrogen-bond acceptors (Lipinski definition) is 4. The summed E-state index contributed by atoms with van der Waals surface area (Å²) in [4.78, 5) is 14.6. The zero-order valence-corrected chi connectivity index (χ0v) is 12.6. The molecular formula is C14H23N5O2. The Kier molecular flexibility index (Phi) is 4.82. The molecule has 1 saturated carbocycles. The van der Waals surface area contributed by atoms with Crippen LogP contribution < -0.4 is 5.73 Å². The minimum Gasteiger partial charge on any atom is -0.409 e. The van der Waals surface area contributed by atoms with E-state index >= 15 is 0 Å². The highest BCUT2D eigenvalue weighted by atomic mass is 16.4. The van der Waals surface area contributed by atoms with E-state index in [-0.39, 0.29) is 17.8 Å². The average molecular weight is 293 g/mol.